The molecule has 3 heteroatoms. The molecule has 0 aromatic rings. The highest BCUT2D eigenvalue weighted by Gasteiger charge is 2.37. The lowest BCUT2D eigenvalue weighted by molar-refractivity contribution is 0.0769. The van der Waals surface area contributed by atoms with E-state index in [1.54, 1.807) is 0 Å². The third-order valence-corrected chi connectivity index (χ3v) is 5.96. The van der Waals surface area contributed by atoms with Crippen molar-refractivity contribution in [1.29, 1.82) is 0 Å². The van der Waals surface area contributed by atoms with E-state index in [9.17, 15) is 0 Å². The maximum absolute atomic E-state index is 3.57. The summed E-state index contributed by atoms with van der Waals surface area (Å²) in [6.07, 6.45) is 5.46. The summed E-state index contributed by atoms with van der Waals surface area (Å²) in [5, 5.41) is 3.57. The van der Waals surface area contributed by atoms with Crippen molar-refractivity contribution in [2.75, 3.05) is 37.7 Å². The Labute approximate surface area is 124 Å². The van der Waals surface area contributed by atoms with Crippen LogP contribution >= 0.6 is 11.8 Å². The number of nitrogens with zero attached hydrogens (tertiary/aromatic N) is 1. The molecule has 2 unspecified atom stereocenters. The van der Waals surface area contributed by atoms with E-state index in [2.05, 4.69) is 42.7 Å². The molecule has 0 spiro atoms. The quantitative estimate of drug-likeness (QED) is 0.834. The molecule has 0 aromatic heterocycles. The first-order chi connectivity index (χ1) is 9.13. The van der Waals surface area contributed by atoms with Crippen LogP contribution in [0, 0.1) is 11.3 Å². The van der Waals surface area contributed by atoms with Crippen LogP contribution in [0.5, 0.6) is 0 Å². The Morgan fingerprint density at radius 2 is 2.21 bits per heavy atom. The maximum Gasteiger partial charge on any atom is 0.0237 e. The van der Waals surface area contributed by atoms with E-state index in [1.165, 1.54) is 63.4 Å². The lowest BCUT2D eigenvalue weighted by Crippen LogP contribution is -2.52. The van der Waals surface area contributed by atoms with Crippen LogP contribution in [0.4, 0.5) is 0 Å². The number of hydrogen-bond acceptors (Lipinski definition) is 3. The second-order valence-electron chi connectivity index (χ2n) is 7.04. The molecule has 0 saturated carbocycles. The largest absolute Gasteiger partial charge is 0.316 e. The fraction of sp³-hybridized carbons (Fsp3) is 1.00. The van der Waals surface area contributed by atoms with Crippen LogP contribution < -0.4 is 5.32 Å². The van der Waals surface area contributed by atoms with E-state index >= 15 is 0 Å². The zero-order valence-corrected chi connectivity index (χ0v) is 13.9. The van der Waals surface area contributed by atoms with Crippen molar-refractivity contribution < 1.29 is 0 Å². The van der Waals surface area contributed by atoms with Gasteiger partial charge >= 0.3 is 0 Å². The second kappa shape index (κ2) is 7.33. The van der Waals surface area contributed by atoms with Crippen molar-refractivity contribution in [1.82, 2.24) is 10.2 Å². The van der Waals surface area contributed by atoms with Crippen molar-refractivity contribution in [3.8, 4) is 0 Å². The summed E-state index contributed by atoms with van der Waals surface area (Å²) >= 11 is 2.16. The topological polar surface area (TPSA) is 15.3 Å². The molecule has 0 amide bonds. The van der Waals surface area contributed by atoms with Crippen molar-refractivity contribution >= 4 is 11.8 Å². The van der Waals surface area contributed by atoms with Gasteiger partial charge in [-0.1, -0.05) is 20.8 Å². The molecule has 2 atom stereocenters. The molecule has 2 nitrogen and oxygen atoms in total. The zero-order valence-electron chi connectivity index (χ0n) is 13.1. The van der Waals surface area contributed by atoms with Gasteiger partial charge in [0.2, 0.25) is 0 Å². The first kappa shape index (κ1) is 15.7. The van der Waals surface area contributed by atoms with Crippen LogP contribution in [0.25, 0.3) is 0 Å². The molecule has 2 aliphatic heterocycles. The van der Waals surface area contributed by atoms with Crippen LogP contribution in [0.2, 0.25) is 0 Å². The molecule has 2 aliphatic rings. The van der Waals surface area contributed by atoms with Crippen LogP contribution in [0.15, 0.2) is 0 Å². The number of hydrogen-bond donors (Lipinski definition) is 1. The van der Waals surface area contributed by atoms with Crippen LogP contribution in [-0.4, -0.2) is 48.6 Å². The Morgan fingerprint density at radius 3 is 2.84 bits per heavy atom. The van der Waals surface area contributed by atoms with Crippen LogP contribution in [0.3, 0.4) is 0 Å². The van der Waals surface area contributed by atoms with Gasteiger partial charge in [0, 0.05) is 18.3 Å². The summed E-state index contributed by atoms with van der Waals surface area (Å²) in [5.41, 5.74) is 0.502. The lowest BCUT2D eigenvalue weighted by atomic mass is 9.80. The standard InChI is InChI=1S/C16H32N2S/c1-4-9-18(12-14-6-5-8-17-11-14)15-13-19-10-7-16(15,2)3/h14-15,17H,4-13H2,1-3H3. The minimum atomic E-state index is 0.502. The Morgan fingerprint density at radius 1 is 1.37 bits per heavy atom. The average molecular weight is 285 g/mol. The summed E-state index contributed by atoms with van der Waals surface area (Å²) in [7, 11) is 0. The first-order valence-electron chi connectivity index (χ1n) is 8.16. The Kier molecular flexibility index (Phi) is 6.04. The summed E-state index contributed by atoms with van der Waals surface area (Å²) in [6, 6.07) is 0.785. The zero-order chi connectivity index (χ0) is 13.7. The molecule has 0 aliphatic carbocycles. The molecule has 2 fully saturated rings. The fourth-order valence-electron chi connectivity index (χ4n) is 3.60. The average Bonchev–Trinajstić information content (AvgIpc) is 2.39. The van der Waals surface area contributed by atoms with Crippen LogP contribution in [0.1, 0.15) is 46.5 Å². The predicted molar refractivity (Wildman–Crippen MR) is 87.0 cm³/mol. The molecule has 0 bridgehead atoms. The van der Waals surface area contributed by atoms with Crippen molar-refractivity contribution in [3.05, 3.63) is 0 Å². The molecule has 19 heavy (non-hydrogen) atoms. The minimum absolute atomic E-state index is 0.502. The molecule has 112 valence electrons. The minimum Gasteiger partial charge on any atom is -0.316 e. The van der Waals surface area contributed by atoms with Crippen LogP contribution in [-0.2, 0) is 0 Å². The molecule has 2 rings (SSSR count). The maximum atomic E-state index is 3.57. The normalized spacial score (nSPS) is 31.6. The third-order valence-electron chi connectivity index (χ3n) is 4.91. The number of rotatable bonds is 5. The highest BCUT2D eigenvalue weighted by molar-refractivity contribution is 7.99. The molecule has 0 aromatic carbocycles. The molecular weight excluding hydrogens is 252 g/mol. The highest BCUT2D eigenvalue weighted by atomic mass is 32.2. The van der Waals surface area contributed by atoms with Gasteiger partial charge in [0.15, 0.2) is 0 Å². The van der Waals surface area contributed by atoms with Gasteiger partial charge in [-0.15, -0.1) is 0 Å². The van der Waals surface area contributed by atoms with E-state index in [0.29, 0.717) is 5.41 Å². The van der Waals surface area contributed by atoms with Crippen molar-refractivity contribution in [3.63, 3.8) is 0 Å². The van der Waals surface area contributed by atoms with Gasteiger partial charge in [-0.25, -0.2) is 0 Å². The van der Waals surface area contributed by atoms with Gasteiger partial charge in [0.05, 0.1) is 0 Å². The van der Waals surface area contributed by atoms with E-state index in [-0.39, 0.29) is 0 Å². The number of piperidine rings is 1. The number of nitrogens with one attached hydrogen (secondary N) is 1. The predicted octanol–water partition coefficient (Wildman–Crippen LogP) is 3.23. The molecular formula is C16H32N2S. The Balaban J connectivity index is 1.96. The molecule has 2 heterocycles. The smallest absolute Gasteiger partial charge is 0.0237 e. The fourth-order valence-corrected chi connectivity index (χ4v) is 5.32. The van der Waals surface area contributed by atoms with Gasteiger partial charge < -0.3 is 5.32 Å². The van der Waals surface area contributed by atoms with E-state index in [1.807, 2.05) is 0 Å². The van der Waals surface area contributed by atoms with Gasteiger partial charge in [-0.2, -0.15) is 11.8 Å². The molecule has 1 N–H and O–H groups in total. The van der Waals surface area contributed by atoms with Gasteiger partial charge in [0.25, 0.3) is 0 Å². The summed E-state index contributed by atoms with van der Waals surface area (Å²) in [5.74, 6) is 3.57. The summed E-state index contributed by atoms with van der Waals surface area (Å²) in [4.78, 5) is 2.82. The summed E-state index contributed by atoms with van der Waals surface area (Å²) in [6.45, 7) is 12.4. The third kappa shape index (κ3) is 4.37. The number of thioether (sulfide) groups is 1. The SMILES string of the molecule is CCCN(CC1CCCNC1)C1CSCCC1(C)C. The Bertz CT molecular complexity index is 261. The van der Waals surface area contributed by atoms with Gasteiger partial charge in [-0.05, 0) is 62.4 Å². The second-order valence-corrected chi connectivity index (χ2v) is 8.19. The lowest BCUT2D eigenvalue weighted by Gasteiger charge is -2.46. The van der Waals surface area contributed by atoms with E-state index < -0.39 is 0 Å². The van der Waals surface area contributed by atoms with E-state index in [4.69, 9.17) is 0 Å². The molecule has 0 radical (unpaired) electrons. The van der Waals surface area contributed by atoms with E-state index in [0.717, 1.165) is 12.0 Å². The summed E-state index contributed by atoms with van der Waals surface area (Å²) < 4.78 is 0. The first-order valence-corrected chi connectivity index (χ1v) is 9.31. The monoisotopic (exact) mass is 284 g/mol. The van der Waals surface area contributed by atoms with Gasteiger partial charge in [-0.3, -0.25) is 4.90 Å². The van der Waals surface area contributed by atoms with Crippen molar-refractivity contribution in [2.45, 2.75) is 52.5 Å². The Hall–Kier alpha value is 0.270. The molecule has 2 saturated heterocycles. The van der Waals surface area contributed by atoms with Crippen molar-refractivity contribution in [2.24, 2.45) is 11.3 Å². The highest BCUT2D eigenvalue weighted by Crippen LogP contribution is 2.37. The van der Waals surface area contributed by atoms with Gasteiger partial charge in [0.1, 0.15) is 0 Å².